The molecule has 2 aromatic rings. The lowest BCUT2D eigenvalue weighted by atomic mass is 10.2. The molecule has 1 aliphatic rings. The Morgan fingerprint density at radius 1 is 1.26 bits per heavy atom. The van der Waals surface area contributed by atoms with Crippen molar-refractivity contribution in [2.24, 2.45) is 5.92 Å². The van der Waals surface area contributed by atoms with Crippen molar-refractivity contribution in [3.63, 3.8) is 0 Å². The van der Waals surface area contributed by atoms with E-state index in [1.165, 1.54) is 12.8 Å². The van der Waals surface area contributed by atoms with Gasteiger partial charge in [-0.05, 0) is 53.5 Å². The van der Waals surface area contributed by atoms with Gasteiger partial charge in [-0.25, -0.2) is 4.68 Å². The first-order chi connectivity index (χ1) is 9.33. The molecule has 6 nitrogen and oxygen atoms in total. The number of hydrogen-bond donors (Lipinski definition) is 1. The van der Waals surface area contributed by atoms with E-state index < -0.39 is 0 Å². The zero-order valence-electron chi connectivity index (χ0n) is 10.7. The van der Waals surface area contributed by atoms with Crippen molar-refractivity contribution in [3.8, 4) is 11.4 Å². The first kappa shape index (κ1) is 12.1. The lowest BCUT2D eigenvalue weighted by molar-refractivity contribution is 0.114. The van der Waals surface area contributed by atoms with Crippen molar-refractivity contribution in [2.75, 3.05) is 18.9 Å². The van der Waals surface area contributed by atoms with E-state index >= 15 is 0 Å². The summed E-state index contributed by atoms with van der Waals surface area (Å²) in [6.45, 7) is 2.17. The van der Waals surface area contributed by atoms with E-state index in [1.807, 2.05) is 24.3 Å². The molecule has 1 saturated carbocycles. The Morgan fingerprint density at radius 2 is 2.05 bits per heavy atom. The molecule has 0 spiro atoms. The Hall–Kier alpha value is -1.95. The van der Waals surface area contributed by atoms with Crippen LogP contribution in [0.5, 0.6) is 0 Å². The van der Waals surface area contributed by atoms with Gasteiger partial charge in [0.2, 0.25) is 0 Å². The molecular weight excluding hydrogens is 242 g/mol. The molecule has 2 N–H and O–H groups in total. The fourth-order valence-electron chi connectivity index (χ4n) is 1.88. The molecule has 0 radical (unpaired) electrons. The highest BCUT2D eigenvalue weighted by molar-refractivity contribution is 5.58. The molecule has 0 bridgehead atoms. The van der Waals surface area contributed by atoms with Crippen LogP contribution in [0.15, 0.2) is 24.3 Å². The highest BCUT2D eigenvalue weighted by Crippen LogP contribution is 2.28. The largest absolute Gasteiger partial charge is 0.399 e. The summed E-state index contributed by atoms with van der Waals surface area (Å²) < 4.78 is 7.37. The van der Waals surface area contributed by atoms with Crippen LogP contribution in [0.2, 0.25) is 0 Å². The van der Waals surface area contributed by atoms with Gasteiger partial charge in [-0.1, -0.05) is 0 Å². The summed E-state index contributed by atoms with van der Waals surface area (Å²) in [5.41, 5.74) is 7.36. The van der Waals surface area contributed by atoms with Crippen LogP contribution in [0.3, 0.4) is 0 Å². The maximum absolute atomic E-state index is 5.67. The lowest BCUT2D eigenvalue weighted by Gasteiger charge is -2.05. The second-order valence-electron chi connectivity index (χ2n) is 4.87. The van der Waals surface area contributed by atoms with Gasteiger partial charge in [0.05, 0.1) is 13.2 Å². The SMILES string of the molecule is Nc1ccc(-c2nnnn2CCOCC2CC2)cc1. The van der Waals surface area contributed by atoms with Crippen LogP contribution in [0, 0.1) is 5.92 Å². The molecule has 0 amide bonds. The van der Waals surface area contributed by atoms with E-state index in [1.54, 1.807) is 4.68 Å². The van der Waals surface area contributed by atoms with Gasteiger partial charge in [0.25, 0.3) is 0 Å². The van der Waals surface area contributed by atoms with Gasteiger partial charge < -0.3 is 10.5 Å². The van der Waals surface area contributed by atoms with E-state index in [9.17, 15) is 0 Å². The minimum atomic E-state index is 0.642. The third-order valence-corrected chi connectivity index (χ3v) is 3.20. The Balaban J connectivity index is 1.62. The molecule has 1 heterocycles. The van der Waals surface area contributed by atoms with Crippen molar-refractivity contribution in [1.82, 2.24) is 20.2 Å². The van der Waals surface area contributed by atoms with Crippen LogP contribution in [0.1, 0.15) is 12.8 Å². The maximum atomic E-state index is 5.67. The number of nitrogens with zero attached hydrogens (tertiary/aromatic N) is 4. The van der Waals surface area contributed by atoms with Crippen LogP contribution >= 0.6 is 0 Å². The molecule has 19 heavy (non-hydrogen) atoms. The fraction of sp³-hybridized carbons (Fsp3) is 0.462. The van der Waals surface area contributed by atoms with Crippen LogP contribution in [-0.2, 0) is 11.3 Å². The van der Waals surface area contributed by atoms with Gasteiger partial charge in [-0.3, -0.25) is 0 Å². The maximum Gasteiger partial charge on any atom is 0.182 e. The molecule has 0 atom stereocenters. The summed E-state index contributed by atoms with van der Waals surface area (Å²) in [6, 6.07) is 7.53. The van der Waals surface area contributed by atoms with Gasteiger partial charge in [0.15, 0.2) is 5.82 Å². The van der Waals surface area contributed by atoms with Crippen molar-refractivity contribution >= 4 is 5.69 Å². The average molecular weight is 259 g/mol. The molecule has 1 fully saturated rings. The number of anilines is 1. The number of nitrogen functional groups attached to an aromatic ring is 1. The summed E-state index contributed by atoms with van der Waals surface area (Å²) in [7, 11) is 0. The molecule has 100 valence electrons. The van der Waals surface area contributed by atoms with E-state index in [0.29, 0.717) is 13.2 Å². The molecule has 6 heteroatoms. The predicted molar refractivity (Wildman–Crippen MR) is 71.2 cm³/mol. The second kappa shape index (κ2) is 5.36. The number of benzene rings is 1. The number of tetrazole rings is 1. The Labute approximate surface area is 111 Å². The molecule has 1 aromatic heterocycles. The minimum absolute atomic E-state index is 0.642. The molecule has 0 saturated heterocycles. The van der Waals surface area contributed by atoms with Gasteiger partial charge >= 0.3 is 0 Å². The first-order valence-corrected chi connectivity index (χ1v) is 6.53. The Kier molecular flexibility index (Phi) is 3.41. The number of hydrogen-bond acceptors (Lipinski definition) is 5. The molecular formula is C13H17N5O. The van der Waals surface area contributed by atoms with Gasteiger partial charge in [0, 0.05) is 17.9 Å². The zero-order chi connectivity index (χ0) is 13.1. The smallest absolute Gasteiger partial charge is 0.182 e. The summed E-state index contributed by atoms with van der Waals surface area (Å²) in [5.74, 6) is 1.53. The summed E-state index contributed by atoms with van der Waals surface area (Å²) in [4.78, 5) is 0. The topological polar surface area (TPSA) is 78.9 Å². The average Bonchev–Trinajstić information content (AvgIpc) is 3.13. The van der Waals surface area contributed by atoms with Gasteiger partial charge in [-0.15, -0.1) is 5.10 Å². The fourth-order valence-corrected chi connectivity index (χ4v) is 1.88. The van der Waals surface area contributed by atoms with Crippen LogP contribution in [-0.4, -0.2) is 33.4 Å². The summed E-state index contributed by atoms with van der Waals surface area (Å²) >= 11 is 0. The highest BCUT2D eigenvalue weighted by Gasteiger charge is 2.21. The van der Waals surface area contributed by atoms with Crippen LogP contribution in [0.4, 0.5) is 5.69 Å². The van der Waals surface area contributed by atoms with E-state index in [-0.39, 0.29) is 0 Å². The molecule has 1 aliphatic carbocycles. The molecule has 1 aromatic carbocycles. The number of rotatable bonds is 6. The van der Waals surface area contributed by atoms with Crippen LogP contribution in [0.25, 0.3) is 11.4 Å². The first-order valence-electron chi connectivity index (χ1n) is 6.53. The van der Waals surface area contributed by atoms with Gasteiger partial charge in [-0.2, -0.15) is 0 Å². The summed E-state index contributed by atoms with van der Waals surface area (Å²) in [6.07, 6.45) is 2.61. The quantitative estimate of drug-likeness (QED) is 0.625. The van der Waals surface area contributed by atoms with Crippen molar-refractivity contribution in [2.45, 2.75) is 19.4 Å². The molecule has 3 rings (SSSR count). The summed E-state index contributed by atoms with van der Waals surface area (Å²) in [5, 5.41) is 11.8. The van der Waals surface area contributed by atoms with Crippen molar-refractivity contribution in [3.05, 3.63) is 24.3 Å². The van der Waals surface area contributed by atoms with Crippen molar-refractivity contribution < 1.29 is 4.74 Å². The lowest BCUT2D eigenvalue weighted by Crippen LogP contribution is -2.10. The highest BCUT2D eigenvalue weighted by atomic mass is 16.5. The standard InChI is InChI=1S/C13H17N5O/c14-12-5-3-11(4-6-12)13-15-16-17-18(13)7-8-19-9-10-1-2-10/h3-6,10H,1-2,7-9,14H2. The normalized spacial score (nSPS) is 14.7. The second-order valence-corrected chi connectivity index (χ2v) is 4.87. The van der Waals surface area contributed by atoms with Crippen molar-refractivity contribution in [1.29, 1.82) is 0 Å². The number of ether oxygens (including phenoxy) is 1. The number of nitrogens with two attached hydrogens (primary N) is 1. The van der Waals surface area contributed by atoms with E-state index in [4.69, 9.17) is 10.5 Å². The third-order valence-electron chi connectivity index (χ3n) is 3.20. The predicted octanol–water partition coefficient (Wildman–Crippen LogP) is 1.35. The Bertz CT molecular complexity index is 532. The third kappa shape index (κ3) is 3.08. The van der Waals surface area contributed by atoms with Gasteiger partial charge in [0.1, 0.15) is 0 Å². The van der Waals surface area contributed by atoms with E-state index in [0.717, 1.165) is 29.6 Å². The zero-order valence-corrected chi connectivity index (χ0v) is 10.7. The van der Waals surface area contributed by atoms with Crippen LogP contribution < -0.4 is 5.73 Å². The Morgan fingerprint density at radius 3 is 2.79 bits per heavy atom. The molecule has 0 unspecified atom stereocenters. The number of aromatic nitrogens is 4. The molecule has 0 aliphatic heterocycles. The monoisotopic (exact) mass is 259 g/mol. The minimum Gasteiger partial charge on any atom is -0.399 e. The van der Waals surface area contributed by atoms with E-state index in [2.05, 4.69) is 15.5 Å².